The van der Waals surface area contributed by atoms with E-state index in [4.69, 9.17) is 0 Å². The van der Waals surface area contributed by atoms with Gasteiger partial charge in [-0.2, -0.15) is 0 Å². The monoisotopic (exact) mass is 345 g/mol. The molecule has 2 heterocycles. The Bertz CT molecular complexity index is 742. The molecule has 0 spiro atoms. The van der Waals surface area contributed by atoms with E-state index < -0.39 is 6.09 Å². The van der Waals surface area contributed by atoms with E-state index in [0.29, 0.717) is 17.9 Å². The van der Waals surface area contributed by atoms with E-state index in [-0.39, 0.29) is 12.1 Å². The van der Waals surface area contributed by atoms with Crippen molar-refractivity contribution in [2.24, 2.45) is 0 Å². The summed E-state index contributed by atoms with van der Waals surface area (Å²) in [7, 11) is 1.31. The van der Waals surface area contributed by atoms with Gasteiger partial charge in [0.15, 0.2) is 0 Å². The predicted molar refractivity (Wildman–Crippen MR) is 94.6 cm³/mol. The van der Waals surface area contributed by atoms with Gasteiger partial charge in [-0.25, -0.2) is 9.59 Å². The first kappa shape index (κ1) is 16.3. The number of benzene rings is 1. The molecule has 0 radical (unpaired) electrons. The summed E-state index contributed by atoms with van der Waals surface area (Å²) >= 11 is 1.75. The average Bonchev–Trinajstić information content (AvgIpc) is 3.06. The molecule has 0 bridgehead atoms. The Morgan fingerprint density at radius 2 is 1.83 bits per heavy atom. The Balaban J connectivity index is 1.64. The summed E-state index contributed by atoms with van der Waals surface area (Å²) in [5.41, 5.74) is 2.52. The van der Waals surface area contributed by atoms with Gasteiger partial charge < -0.3 is 15.0 Å². The number of nitrogens with one attached hydrogen (secondary N) is 2. The zero-order valence-corrected chi connectivity index (χ0v) is 14.4. The van der Waals surface area contributed by atoms with Crippen molar-refractivity contribution in [3.05, 3.63) is 46.2 Å². The van der Waals surface area contributed by atoms with Crippen LogP contribution in [0.2, 0.25) is 0 Å². The predicted octanol–water partition coefficient (Wildman–Crippen LogP) is 4.08. The highest BCUT2D eigenvalue weighted by molar-refractivity contribution is 7.10. The minimum atomic E-state index is -0.527. The minimum Gasteiger partial charge on any atom is -0.453 e. The maximum absolute atomic E-state index is 12.5. The van der Waals surface area contributed by atoms with E-state index in [0.717, 1.165) is 6.42 Å². The SMILES string of the molecule is COC(=O)Nc1ccc(NC(=O)N2CCc3sccc3[C@H]2C)cc1. The van der Waals surface area contributed by atoms with Gasteiger partial charge in [0.25, 0.3) is 0 Å². The summed E-state index contributed by atoms with van der Waals surface area (Å²) in [4.78, 5) is 26.9. The molecular formula is C17H19N3O3S. The summed E-state index contributed by atoms with van der Waals surface area (Å²) in [5.74, 6) is 0. The van der Waals surface area contributed by atoms with Crippen molar-refractivity contribution >= 4 is 34.8 Å². The lowest BCUT2D eigenvalue weighted by atomic mass is 10.0. The highest BCUT2D eigenvalue weighted by Crippen LogP contribution is 2.33. The van der Waals surface area contributed by atoms with Crippen molar-refractivity contribution in [3.8, 4) is 0 Å². The number of nitrogens with zero attached hydrogens (tertiary/aromatic N) is 1. The van der Waals surface area contributed by atoms with Crippen LogP contribution >= 0.6 is 11.3 Å². The maximum atomic E-state index is 12.5. The molecule has 6 nitrogen and oxygen atoms in total. The molecule has 1 aromatic heterocycles. The molecule has 3 amide bonds. The zero-order valence-electron chi connectivity index (χ0n) is 13.5. The smallest absolute Gasteiger partial charge is 0.411 e. The van der Waals surface area contributed by atoms with E-state index >= 15 is 0 Å². The van der Waals surface area contributed by atoms with Crippen LogP contribution in [0.15, 0.2) is 35.7 Å². The molecule has 24 heavy (non-hydrogen) atoms. The first-order valence-electron chi connectivity index (χ1n) is 7.67. The fourth-order valence-electron chi connectivity index (χ4n) is 2.79. The number of ether oxygens (including phenoxy) is 1. The third-order valence-corrected chi connectivity index (χ3v) is 5.10. The van der Waals surface area contributed by atoms with Crippen molar-refractivity contribution in [1.29, 1.82) is 0 Å². The van der Waals surface area contributed by atoms with E-state index in [2.05, 4.69) is 26.8 Å². The van der Waals surface area contributed by atoms with Crippen LogP contribution in [0.1, 0.15) is 23.4 Å². The van der Waals surface area contributed by atoms with Crippen molar-refractivity contribution < 1.29 is 14.3 Å². The highest BCUT2D eigenvalue weighted by atomic mass is 32.1. The van der Waals surface area contributed by atoms with Gasteiger partial charge in [-0.05, 0) is 54.6 Å². The molecule has 0 aliphatic carbocycles. The van der Waals surface area contributed by atoms with Gasteiger partial charge in [-0.1, -0.05) is 0 Å². The second-order valence-corrected chi connectivity index (χ2v) is 6.54. The Kier molecular flexibility index (Phi) is 4.71. The Morgan fingerprint density at radius 3 is 2.50 bits per heavy atom. The summed E-state index contributed by atoms with van der Waals surface area (Å²) in [6, 6.07) is 8.96. The summed E-state index contributed by atoms with van der Waals surface area (Å²) in [5, 5.41) is 7.55. The summed E-state index contributed by atoms with van der Waals surface area (Å²) < 4.78 is 4.54. The van der Waals surface area contributed by atoms with Crippen molar-refractivity contribution in [3.63, 3.8) is 0 Å². The maximum Gasteiger partial charge on any atom is 0.411 e. The molecule has 0 saturated carbocycles. The number of urea groups is 1. The molecule has 1 aliphatic rings. The molecule has 2 N–H and O–H groups in total. The minimum absolute atomic E-state index is 0.0697. The molecule has 1 atom stereocenters. The van der Waals surface area contributed by atoms with Crippen LogP contribution < -0.4 is 10.6 Å². The molecule has 0 unspecified atom stereocenters. The largest absolute Gasteiger partial charge is 0.453 e. The number of thiophene rings is 1. The Hall–Kier alpha value is -2.54. The lowest BCUT2D eigenvalue weighted by Gasteiger charge is -2.33. The highest BCUT2D eigenvalue weighted by Gasteiger charge is 2.28. The Morgan fingerprint density at radius 1 is 1.17 bits per heavy atom. The van der Waals surface area contributed by atoms with Crippen LogP contribution in [0.3, 0.4) is 0 Å². The molecule has 1 aromatic carbocycles. The third-order valence-electron chi connectivity index (χ3n) is 4.11. The Labute approximate surface area is 144 Å². The molecule has 7 heteroatoms. The first-order valence-corrected chi connectivity index (χ1v) is 8.55. The average molecular weight is 345 g/mol. The van der Waals surface area contributed by atoms with E-state index in [9.17, 15) is 9.59 Å². The molecule has 0 saturated heterocycles. The van der Waals surface area contributed by atoms with E-state index in [1.807, 2.05) is 11.8 Å². The lowest BCUT2D eigenvalue weighted by molar-refractivity contribution is 0.186. The number of carbonyl (C=O) groups excluding carboxylic acids is 2. The number of hydrogen-bond acceptors (Lipinski definition) is 4. The molecule has 1 aliphatic heterocycles. The van der Waals surface area contributed by atoms with Gasteiger partial charge >= 0.3 is 12.1 Å². The molecular weight excluding hydrogens is 326 g/mol. The number of amides is 3. The van der Waals surface area contributed by atoms with Gasteiger partial charge in [0, 0.05) is 22.8 Å². The van der Waals surface area contributed by atoms with Crippen LogP contribution in [0.25, 0.3) is 0 Å². The number of fused-ring (bicyclic) bond motifs is 1. The number of carbonyl (C=O) groups is 2. The lowest BCUT2D eigenvalue weighted by Crippen LogP contribution is -2.40. The standard InChI is InChI=1S/C17H19N3O3S/c1-11-14-8-10-24-15(14)7-9-20(11)16(21)18-12-3-5-13(6-4-12)19-17(22)23-2/h3-6,8,10-11H,7,9H2,1-2H3,(H,18,21)(H,19,22)/t11-/m1/s1. The first-order chi connectivity index (χ1) is 11.6. The number of hydrogen-bond donors (Lipinski definition) is 2. The topological polar surface area (TPSA) is 70.7 Å². The van der Waals surface area contributed by atoms with Gasteiger partial charge in [-0.3, -0.25) is 5.32 Å². The number of anilines is 2. The fourth-order valence-corrected chi connectivity index (χ4v) is 3.75. The van der Waals surface area contributed by atoms with Gasteiger partial charge in [0.2, 0.25) is 0 Å². The summed E-state index contributed by atoms with van der Waals surface area (Å²) in [6.45, 7) is 2.76. The second kappa shape index (κ2) is 6.92. The molecule has 0 fully saturated rings. The zero-order chi connectivity index (χ0) is 17.1. The number of methoxy groups -OCH3 is 1. The third kappa shape index (κ3) is 3.35. The molecule has 126 valence electrons. The van der Waals surface area contributed by atoms with Crippen LogP contribution in [0, 0.1) is 0 Å². The molecule has 3 rings (SSSR count). The van der Waals surface area contributed by atoms with Gasteiger partial charge in [0.05, 0.1) is 13.2 Å². The summed E-state index contributed by atoms with van der Waals surface area (Å²) in [6.07, 6.45) is 0.368. The van der Waals surface area contributed by atoms with Crippen LogP contribution in [-0.4, -0.2) is 30.7 Å². The van der Waals surface area contributed by atoms with Gasteiger partial charge in [0.1, 0.15) is 0 Å². The van der Waals surface area contributed by atoms with Crippen molar-refractivity contribution in [1.82, 2.24) is 4.90 Å². The number of rotatable bonds is 2. The van der Waals surface area contributed by atoms with Crippen LogP contribution in [0.5, 0.6) is 0 Å². The fraction of sp³-hybridized carbons (Fsp3) is 0.294. The van der Waals surface area contributed by atoms with E-state index in [1.54, 1.807) is 35.6 Å². The normalized spacial score (nSPS) is 16.2. The van der Waals surface area contributed by atoms with E-state index in [1.165, 1.54) is 17.6 Å². The van der Waals surface area contributed by atoms with Crippen molar-refractivity contribution in [2.45, 2.75) is 19.4 Å². The van der Waals surface area contributed by atoms with Crippen molar-refractivity contribution in [2.75, 3.05) is 24.3 Å². The van der Waals surface area contributed by atoms with Crippen LogP contribution in [0.4, 0.5) is 21.0 Å². The quantitative estimate of drug-likeness (QED) is 0.861. The van der Waals surface area contributed by atoms with Gasteiger partial charge in [-0.15, -0.1) is 11.3 Å². The van der Waals surface area contributed by atoms with Crippen LogP contribution in [-0.2, 0) is 11.2 Å². The molecule has 2 aromatic rings. The second-order valence-electron chi connectivity index (χ2n) is 5.54.